The lowest BCUT2D eigenvalue weighted by molar-refractivity contribution is 0.104. The third-order valence-corrected chi connectivity index (χ3v) is 3.30. The fraction of sp³-hybridized carbons (Fsp3) is 0.118. The average Bonchev–Trinajstić information content (AvgIpc) is 3.01. The Hall–Kier alpha value is -2.75. The van der Waals surface area contributed by atoms with Crippen LogP contribution >= 0.6 is 0 Å². The zero-order valence-corrected chi connectivity index (χ0v) is 11.7. The topological polar surface area (TPSA) is 47.8 Å². The number of rotatable bonds is 4. The first-order chi connectivity index (χ1) is 10.3. The Kier molecular flexibility index (Phi) is 3.60. The van der Waals surface area contributed by atoms with Crippen LogP contribution in [0.25, 0.3) is 17.0 Å². The van der Waals surface area contributed by atoms with Gasteiger partial charge in [0.15, 0.2) is 5.78 Å². The maximum absolute atomic E-state index is 12.1. The van der Waals surface area contributed by atoms with Crippen molar-refractivity contribution in [2.45, 2.75) is 13.5 Å². The number of benzene rings is 1. The molecule has 1 aromatic carbocycles. The lowest BCUT2D eigenvalue weighted by Gasteiger charge is -1.98. The summed E-state index contributed by atoms with van der Waals surface area (Å²) in [6.45, 7) is 2.74. The van der Waals surface area contributed by atoms with Crippen molar-refractivity contribution >= 4 is 22.8 Å². The average molecular weight is 277 g/mol. The SMILES string of the molecule is CCn1cc(C(=O)C=Cc2ccc3ncccc3c2)cn1. The molecule has 0 spiro atoms. The summed E-state index contributed by atoms with van der Waals surface area (Å²) in [4.78, 5) is 16.3. The van der Waals surface area contributed by atoms with Crippen molar-refractivity contribution in [3.8, 4) is 0 Å². The minimum absolute atomic E-state index is 0.0408. The summed E-state index contributed by atoms with van der Waals surface area (Å²) in [5.41, 5.74) is 2.53. The van der Waals surface area contributed by atoms with Gasteiger partial charge in [0.25, 0.3) is 0 Å². The first kappa shape index (κ1) is 13.2. The van der Waals surface area contributed by atoms with Crippen molar-refractivity contribution in [1.82, 2.24) is 14.8 Å². The number of pyridine rings is 1. The van der Waals surface area contributed by atoms with Gasteiger partial charge in [-0.05, 0) is 36.8 Å². The van der Waals surface area contributed by atoms with Crippen molar-refractivity contribution in [3.63, 3.8) is 0 Å². The quantitative estimate of drug-likeness (QED) is 0.543. The molecule has 0 aliphatic carbocycles. The summed E-state index contributed by atoms with van der Waals surface area (Å²) in [6.07, 6.45) is 8.52. The Balaban J connectivity index is 1.81. The van der Waals surface area contributed by atoms with Crippen molar-refractivity contribution in [1.29, 1.82) is 0 Å². The number of fused-ring (bicyclic) bond motifs is 1. The number of aromatic nitrogens is 3. The number of hydrogen-bond donors (Lipinski definition) is 0. The summed E-state index contributed by atoms with van der Waals surface area (Å²) in [5, 5.41) is 5.17. The van der Waals surface area contributed by atoms with Crippen LogP contribution < -0.4 is 0 Å². The van der Waals surface area contributed by atoms with Gasteiger partial charge in [-0.25, -0.2) is 0 Å². The molecule has 0 aliphatic heterocycles. The molecule has 21 heavy (non-hydrogen) atoms. The molecule has 2 heterocycles. The van der Waals surface area contributed by atoms with E-state index in [0.717, 1.165) is 23.0 Å². The Morgan fingerprint density at radius 2 is 2.24 bits per heavy atom. The Bertz CT molecular complexity index is 818. The minimum Gasteiger partial charge on any atom is -0.289 e. The highest BCUT2D eigenvalue weighted by atomic mass is 16.1. The largest absolute Gasteiger partial charge is 0.289 e. The van der Waals surface area contributed by atoms with Gasteiger partial charge in [0.1, 0.15) is 0 Å². The van der Waals surface area contributed by atoms with Crippen LogP contribution in [-0.4, -0.2) is 20.5 Å². The molecule has 2 aromatic heterocycles. The van der Waals surface area contributed by atoms with E-state index in [1.165, 1.54) is 0 Å². The van der Waals surface area contributed by atoms with Crippen LogP contribution in [0.1, 0.15) is 22.8 Å². The summed E-state index contributed by atoms with van der Waals surface area (Å²) in [6, 6.07) is 9.83. The Labute approximate surface area is 122 Å². The van der Waals surface area contributed by atoms with Crippen molar-refractivity contribution in [3.05, 3.63) is 66.1 Å². The second-order valence-electron chi connectivity index (χ2n) is 4.74. The monoisotopic (exact) mass is 277 g/mol. The number of aryl methyl sites for hydroxylation is 1. The molecule has 0 aliphatic rings. The fourth-order valence-electron chi connectivity index (χ4n) is 2.13. The third kappa shape index (κ3) is 2.89. The number of hydrogen-bond acceptors (Lipinski definition) is 3. The predicted octanol–water partition coefficient (Wildman–Crippen LogP) is 3.35. The highest BCUT2D eigenvalue weighted by Crippen LogP contribution is 2.14. The second-order valence-corrected chi connectivity index (χ2v) is 4.74. The summed E-state index contributed by atoms with van der Waals surface area (Å²) in [5.74, 6) is -0.0408. The van der Waals surface area contributed by atoms with E-state index in [4.69, 9.17) is 0 Å². The smallest absolute Gasteiger partial charge is 0.189 e. The summed E-state index contributed by atoms with van der Waals surface area (Å²) < 4.78 is 1.74. The molecule has 104 valence electrons. The van der Waals surface area contributed by atoms with Gasteiger partial charge in [0, 0.05) is 24.3 Å². The number of nitrogens with zero attached hydrogens (tertiary/aromatic N) is 3. The van der Waals surface area contributed by atoms with Gasteiger partial charge in [-0.3, -0.25) is 14.5 Å². The molecule has 0 saturated heterocycles. The van der Waals surface area contributed by atoms with Gasteiger partial charge in [0.2, 0.25) is 0 Å². The van der Waals surface area contributed by atoms with Crippen LogP contribution in [0.5, 0.6) is 0 Å². The molecule has 0 atom stereocenters. The minimum atomic E-state index is -0.0408. The number of ketones is 1. The van der Waals surface area contributed by atoms with Gasteiger partial charge in [-0.2, -0.15) is 5.10 Å². The van der Waals surface area contributed by atoms with Crippen molar-refractivity contribution < 1.29 is 4.79 Å². The molecule has 0 radical (unpaired) electrons. The molecular weight excluding hydrogens is 262 g/mol. The maximum Gasteiger partial charge on any atom is 0.189 e. The standard InChI is InChI=1S/C17H15N3O/c1-2-20-12-15(11-19-20)17(21)8-6-13-5-7-16-14(10-13)4-3-9-18-16/h3-12H,2H2,1H3. The van der Waals surface area contributed by atoms with Gasteiger partial charge in [-0.15, -0.1) is 0 Å². The first-order valence-electron chi connectivity index (χ1n) is 6.86. The van der Waals surface area contributed by atoms with Crippen LogP contribution in [-0.2, 0) is 6.54 Å². The van der Waals surface area contributed by atoms with E-state index in [1.54, 1.807) is 29.3 Å². The van der Waals surface area contributed by atoms with Crippen LogP contribution in [0.15, 0.2) is 55.0 Å². The van der Waals surface area contributed by atoms with Gasteiger partial charge >= 0.3 is 0 Å². The van der Waals surface area contributed by atoms with Crippen LogP contribution in [0, 0.1) is 0 Å². The number of carbonyl (C=O) groups is 1. The molecular formula is C17H15N3O. The first-order valence-corrected chi connectivity index (χ1v) is 6.86. The molecule has 4 nitrogen and oxygen atoms in total. The summed E-state index contributed by atoms with van der Waals surface area (Å²) in [7, 11) is 0. The Morgan fingerprint density at radius 1 is 1.33 bits per heavy atom. The van der Waals surface area contributed by atoms with Gasteiger partial charge in [0.05, 0.1) is 17.3 Å². The molecule has 0 saturated carbocycles. The van der Waals surface area contributed by atoms with Crippen molar-refractivity contribution in [2.24, 2.45) is 0 Å². The Morgan fingerprint density at radius 3 is 3.05 bits per heavy atom. The number of carbonyl (C=O) groups excluding carboxylic acids is 1. The predicted molar refractivity (Wildman–Crippen MR) is 83.0 cm³/mol. The van der Waals surface area contributed by atoms with E-state index < -0.39 is 0 Å². The molecule has 0 amide bonds. The van der Waals surface area contributed by atoms with Crippen molar-refractivity contribution in [2.75, 3.05) is 0 Å². The highest BCUT2D eigenvalue weighted by molar-refractivity contribution is 6.06. The third-order valence-electron chi connectivity index (χ3n) is 3.30. The highest BCUT2D eigenvalue weighted by Gasteiger charge is 2.04. The van der Waals surface area contributed by atoms with Crippen LogP contribution in [0.2, 0.25) is 0 Å². The van der Waals surface area contributed by atoms with E-state index in [0.29, 0.717) is 5.56 Å². The van der Waals surface area contributed by atoms with Gasteiger partial charge in [-0.1, -0.05) is 18.2 Å². The molecule has 3 aromatic rings. The van der Waals surface area contributed by atoms with Crippen LogP contribution in [0.4, 0.5) is 0 Å². The molecule has 3 rings (SSSR count). The van der Waals surface area contributed by atoms with Crippen LogP contribution in [0.3, 0.4) is 0 Å². The number of allylic oxidation sites excluding steroid dienone is 1. The second kappa shape index (κ2) is 5.71. The van der Waals surface area contributed by atoms with E-state index in [9.17, 15) is 4.79 Å². The fourth-order valence-corrected chi connectivity index (χ4v) is 2.13. The zero-order valence-electron chi connectivity index (χ0n) is 11.7. The maximum atomic E-state index is 12.1. The zero-order chi connectivity index (χ0) is 14.7. The van der Waals surface area contributed by atoms with E-state index in [2.05, 4.69) is 10.1 Å². The molecule has 0 fully saturated rings. The van der Waals surface area contributed by atoms with E-state index in [-0.39, 0.29) is 5.78 Å². The van der Waals surface area contributed by atoms with E-state index >= 15 is 0 Å². The molecule has 0 bridgehead atoms. The lowest BCUT2D eigenvalue weighted by Crippen LogP contribution is -1.94. The summed E-state index contributed by atoms with van der Waals surface area (Å²) >= 11 is 0. The molecule has 4 heteroatoms. The molecule has 0 unspecified atom stereocenters. The molecule has 0 N–H and O–H groups in total. The van der Waals surface area contributed by atoms with E-state index in [1.807, 2.05) is 43.3 Å². The normalized spacial score (nSPS) is 11.3. The van der Waals surface area contributed by atoms with Gasteiger partial charge < -0.3 is 0 Å². The lowest BCUT2D eigenvalue weighted by atomic mass is 10.1.